The minimum absolute atomic E-state index is 0.182. The van der Waals surface area contributed by atoms with Gasteiger partial charge in [0.25, 0.3) is 10.2 Å². The number of aliphatic hydroxyl groups is 1. The summed E-state index contributed by atoms with van der Waals surface area (Å²) in [6.07, 6.45) is 1.07. The predicted octanol–water partition coefficient (Wildman–Crippen LogP) is 0.179. The van der Waals surface area contributed by atoms with Crippen LogP contribution in [0.15, 0.2) is 0 Å². The van der Waals surface area contributed by atoms with Gasteiger partial charge < -0.3 is 5.11 Å². The van der Waals surface area contributed by atoms with Crippen molar-refractivity contribution >= 4 is 10.2 Å². The molecule has 0 amide bonds. The molecule has 1 rings (SSSR count). The summed E-state index contributed by atoms with van der Waals surface area (Å²) < 4.78 is 27.8. The molecule has 0 saturated carbocycles. The van der Waals surface area contributed by atoms with Crippen LogP contribution < -0.4 is 4.72 Å². The first-order valence-electron chi connectivity index (χ1n) is 5.73. The zero-order valence-electron chi connectivity index (χ0n) is 10.2. The molecule has 0 radical (unpaired) electrons. The van der Waals surface area contributed by atoms with Gasteiger partial charge in [0.05, 0.1) is 6.61 Å². The molecule has 16 heavy (non-hydrogen) atoms. The van der Waals surface area contributed by atoms with E-state index in [9.17, 15) is 8.42 Å². The number of piperidine rings is 1. The third-order valence-corrected chi connectivity index (χ3v) is 4.48. The van der Waals surface area contributed by atoms with Gasteiger partial charge in [-0.3, -0.25) is 0 Å². The Morgan fingerprint density at radius 1 is 1.38 bits per heavy atom. The molecule has 0 aromatic heterocycles. The molecule has 0 aromatic carbocycles. The smallest absolute Gasteiger partial charge is 0.279 e. The van der Waals surface area contributed by atoms with Crippen molar-refractivity contribution in [1.29, 1.82) is 0 Å². The summed E-state index contributed by atoms with van der Waals surface area (Å²) in [5, 5.41) is 8.85. The number of hydrogen-bond acceptors (Lipinski definition) is 3. The molecule has 1 fully saturated rings. The molecule has 1 heterocycles. The van der Waals surface area contributed by atoms with Gasteiger partial charge in [-0.25, -0.2) is 0 Å². The SMILES string of the molecule is CC1CC(C)CN(S(=O)(=O)N[C@@H](C)CO)C1. The summed E-state index contributed by atoms with van der Waals surface area (Å²) in [4.78, 5) is 0. The Labute approximate surface area is 98.0 Å². The van der Waals surface area contributed by atoms with Crippen molar-refractivity contribution in [3.63, 3.8) is 0 Å². The molecule has 1 aliphatic heterocycles. The number of hydrogen-bond donors (Lipinski definition) is 2. The number of aliphatic hydroxyl groups excluding tert-OH is 1. The fourth-order valence-electron chi connectivity index (χ4n) is 2.17. The minimum atomic E-state index is -3.44. The molecule has 1 saturated heterocycles. The van der Waals surface area contributed by atoms with E-state index < -0.39 is 16.3 Å². The van der Waals surface area contributed by atoms with E-state index in [4.69, 9.17) is 5.11 Å². The molecule has 0 aliphatic carbocycles. The molecular weight excluding hydrogens is 228 g/mol. The normalized spacial score (nSPS) is 30.2. The molecular formula is C10H22N2O3S. The first-order chi connectivity index (χ1) is 7.35. The van der Waals surface area contributed by atoms with Gasteiger partial charge in [-0.1, -0.05) is 13.8 Å². The van der Waals surface area contributed by atoms with Crippen molar-refractivity contribution in [2.45, 2.75) is 33.2 Å². The fourth-order valence-corrected chi connectivity index (χ4v) is 3.80. The fraction of sp³-hybridized carbons (Fsp3) is 1.00. The Hall–Kier alpha value is -0.170. The molecule has 0 aromatic rings. The highest BCUT2D eigenvalue weighted by atomic mass is 32.2. The minimum Gasteiger partial charge on any atom is -0.395 e. The quantitative estimate of drug-likeness (QED) is 0.748. The number of rotatable bonds is 4. The van der Waals surface area contributed by atoms with E-state index in [1.165, 1.54) is 4.31 Å². The summed E-state index contributed by atoms with van der Waals surface area (Å²) in [5.74, 6) is 0.787. The van der Waals surface area contributed by atoms with Crippen LogP contribution in [0.3, 0.4) is 0 Å². The maximum Gasteiger partial charge on any atom is 0.279 e. The van der Waals surface area contributed by atoms with Crippen LogP contribution in [-0.2, 0) is 10.2 Å². The van der Waals surface area contributed by atoms with Gasteiger partial charge in [0.15, 0.2) is 0 Å². The molecule has 2 N–H and O–H groups in total. The summed E-state index contributed by atoms with van der Waals surface area (Å²) in [5.41, 5.74) is 0. The average Bonchev–Trinajstić information content (AvgIpc) is 2.15. The third-order valence-electron chi connectivity index (χ3n) is 2.80. The van der Waals surface area contributed by atoms with Gasteiger partial charge in [0.2, 0.25) is 0 Å². The monoisotopic (exact) mass is 250 g/mol. The van der Waals surface area contributed by atoms with E-state index in [2.05, 4.69) is 18.6 Å². The van der Waals surface area contributed by atoms with Crippen molar-refractivity contribution < 1.29 is 13.5 Å². The van der Waals surface area contributed by atoms with E-state index in [0.717, 1.165) is 6.42 Å². The van der Waals surface area contributed by atoms with Crippen LogP contribution in [0.4, 0.5) is 0 Å². The topological polar surface area (TPSA) is 69.6 Å². The summed E-state index contributed by atoms with van der Waals surface area (Å²) >= 11 is 0. The van der Waals surface area contributed by atoms with Gasteiger partial charge >= 0.3 is 0 Å². The predicted molar refractivity (Wildman–Crippen MR) is 63.1 cm³/mol. The highest BCUT2D eigenvalue weighted by Crippen LogP contribution is 2.22. The summed E-state index contributed by atoms with van der Waals surface area (Å²) in [6, 6.07) is -0.433. The van der Waals surface area contributed by atoms with E-state index >= 15 is 0 Å². The second kappa shape index (κ2) is 5.44. The molecule has 3 atom stereocenters. The van der Waals surface area contributed by atoms with Crippen LogP contribution in [0.25, 0.3) is 0 Å². The third kappa shape index (κ3) is 3.69. The molecule has 2 unspecified atom stereocenters. The highest BCUT2D eigenvalue weighted by molar-refractivity contribution is 7.87. The van der Waals surface area contributed by atoms with E-state index in [1.807, 2.05) is 0 Å². The molecule has 96 valence electrons. The van der Waals surface area contributed by atoms with E-state index in [1.54, 1.807) is 6.92 Å². The molecule has 6 heteroatoms. The van der Waals surface area contributed by atoms with Crippen LogP contribution in [-0.4, -0.2) is 43.6 Å². The Morgan fingerprint density at radius 3 is 2.31 bits per heavy atom. The standard InChI is InChI=1S/C10H22N2O3S/c1-8-4-9(2)6-12(5-8)16(14,15)11-10(3)7-13/h8-11,13H,4-7H2,1-3H3/t8?,9?,10-/m0/s1. The average molecular weight is 250 g/mol. The Balaban J connectivity index is 2.67. The van der Waals surface area contributed by atoms with Crippen LogP contribution in [0, 0.1) is 11.8 Å². The van der Waals surface area contributed by atoms with Gasteiger partial charge in [0, 0.05) is 19.1 Å². The zero-order valence-corrected chi connectivity index (χ0v) is 11.0. The maximum absolute atomic E-state index is 11.9. The summed E-state index contributed by atoms with van der Waals surface area (Å²) in [7, 11) is -3.44. The van der Waals surface area contributed by atoms with Crippen molar-refractivity contribution in [3.8, 4) is 0 Å². The zero-order chi connectivity index (χ0) is 12.3. The van der Waals surface area contributed by atoms with Gasteiger partial charge in [-0.2, -0.15) is 17.4 Å². The van der Waals surface area contributed by atoms with Crippen LogP contribution in [0.2, 0.25) is 0 Å². The lowest BCUT2D eigenvalue weighted by Crippen LogP contribution is -2.50. The lowest BCUT2D eigenvalue weighted by Gasteiger charge is -2.34. The van der Waals surface area contributed by atoms with Crippen LogP contribution >= 0.6 is 0 Å². The van der Waals surface area contributed by atoms with Crippen LogP contribution in [0.5, 0.6) is 0 Å². The van der Waals surface area contributed by atoms with Crippen LogP contribution in [0.1, 0.15) is 27.2 Å². The van der Waals surface area contributed by atoms with Gasteiger partial charge in [0.1, 0.15) is 0 Å². The molecule has 5 nitrogen and oxygen atoms in total. The maximum atomic E-state index is 11.9. The van der Waals surface area contributed by atoms with Crippen molar-refractivity contribution in [3.05, 3.63) is 0 Å². The van der Waals surface area contributed by atoms with Crippen molar-refractivity contribution in [2.24, 2.45) is 11.8 Å². The second-order valence-corrected chi connectivity index (χ2v) is 6.67. The summed E-state index contributed by atoms with van der Waals surface area (Å²) in [6.45, 7) is 6.73. The largest absolute Gasteiger partial charge is 0.395 e. The Kier molecular flexibility index (Phi) is 4.73. The molecule has 1 aliphatic rings. The van der Waals surface area contributed by atoms with E-state index in [0.29, 0.717) is 24.9 Å². The van der Waals surface area contributed by atoms with Gasteiger partial charge in [-0.05, 0) is 25.2 Å². The Bertz CT molecular complexity index is 308. The van der Waals surface area contributed by atoms with Crippen molar-refractivity contribution in [1.82, 2.24) is 9.03 Å². The highest BCUT2D eigenvalue weighted by Gasteiger charge is 2.30. The van der Waals surface area contributed by atoms with E-state index in [-0.39, 0.29) is 6.61 Å². The number of nitrogens with zero attached hydrogens (tertiary/aromatic N) is 1. The second-order valence-electron chi connectivity index (χ2n) is 4.97. The lowest BCUT2D eigenvalue weighted by atomic mass is 9.94. The molecule has 0 spiro atoms. The van der Waals surface area contributed by atoms with Crippen molar-refractivity contribution in [2.75, 3.05) is 19.7 Å². The van der Waals surface area contributed by atoms with Gasteiger partial charge in [-0.15, -0.1) is 0 Å². The lowest BCUT2D eigenvalue weighted by molar-refractivity contribution is 0.215. The first kappa shape index (κ1) is 13.9. The first-order valence-corrected chi connectivity index (χ1v) is 7.17. The Morgan fingerprint density at radius 2 is 1.88 bits per heavy atom. The number of nitrogens with one attached hydrogen (secondary N) is 1. The molecule has 0 bridgehead atoms.